The summed E-state index contributed by atoms with van der Waals surface area (Å²) in [4.78, 5) is 4.86. The monoisotopic (exact) mass is 826 g/mol. The van der Waals surface area contributed by atoms with Crippen LogP contribution in [0.4, 0.5) is 26.3 Å². The zero-order valence-corrected chi connectivity index (χ0v) is 33.1. The summed E-state index contributed by atoms with van der Waals surface area (Å²) in [5.74, 6) is 0. The Morgan fingerprint density at radius 3 is 1.31 bits per heavy atom. The Hall–Kier alpha value is -7.64. The fraction of sp³-hybridized carbons (Fsp3) is 0.0769. The van der Waals surface area contributed by atoms with E-state index in [1.165, 1.54) is 12.1 Å². The number of hydrogen-bond acceptors (Lipinski definition) is 2. The molecule has 0 aliphatic heterocycles. The molecule has 3 aromatic heterocycles. The van der Waals surface area contributed by atoms with Crippen LogP contribution in [0, 0.1) is 25.2 Å². The topological polar surface area (TPSA) is 46.5 Å². The standard InChI is InChI=1S/C52H32F6N4/c1-30-19-36(23-38(21-30)51(53,54)55)34-15-17-42-40-7-3-5-9-44(40)61(46(42)25-34)48-28-60-29-49(50(48)33-13-11-32(27-59)12-14-33)62-45-10-6-4-8-41(45)43-18-16-35(26-47(43)62)37-20-31(2)22-39(24-37)52(56,57)58/h3-26,28-29H,1-2H3. The van der Waals surface area contributed by atoms with Gasteiger partial charge in [0.05, 0.1) is 68.6 Å². The molecular formula is C52H32F6N4. The SMILES string of the molecule is Cc1cc(-c2ccc3c4ccccc4n(-c4cncc(-n5c6ccccc6c6ccc(-c7cc(C)cc(C(F)(F)F)c7)cc65)c4-c4ccc(C#N)cc4)c3c2)cc(C(F)(F)F)c1. The van der Waals surface area contributed by atoms with Gasteiger partial charge >= 0.3 is 12.4 Å². The summed E-state index contributed by atoms with van der Waals surface area (Å²) in [7, 11) is 0. The Balaban J connectivity index is 1.29. The minimum Gasteiger partial charge on any atom is -0.307 e. The van der Waals surface area contributed by atoms with Gasteiger partial charge in [-0.3, -0.25) is 4.98 Å². The van der Waals surface area contributed by atoms with Crippen molar-refractivity contribution in [3.8, 4) is 50.8 Å². The van der Waals surface area contributed by atoms with Gasteiger partial charge in [-0.15, -0.1) is 0 Å². The first-order valence-corrected chi connectivity index (χ1v) is 19.7. The minimum absolute atomic E-state index is 0.423. The van der Waals surface area contributed by atoms with Gasteiger partial charge in [0.2, 0.25) is 0 Å². The molecule has 10 heteroatoms. The number of alkyl halides is 6. The number of aryl methyl sites for hydroxylation is 2. The highest BCUT2D eigenvalue weighted by atomic mass is 19.4. The predicted molar refractivity (Wildman–Crippen MR) is 233 cm³/mol. The predicted octanol–water partition coefficient (Wildman–Crippen LogP) is 14.8. The van der Waals surface area contributed by atoms with Gasteiger partial charge in [0.15, 0.2) is 0 Å². The molecule has 10 rings (SSSR count). The van der Waals surface area contributed by atoms with E-state index in [0.29, 0.717) is 50.3 Å². The Morgan fingerprint density at radius 1 is 0.452 bits per heavy atom. The van der Waals surface area contributed by atoms with E-state index in [0.717, 1.165) is 66.9 Å². The lowest BCUT2D eigenvalue weighted by molar-refractivity contribution is -0.138. The second kappa shape index (κ2) is 14.2. The molecule has 0 atom stereocenters. The molecule has 7 aromatic carbocycles. The number of aromatic nitrogens is 3. The fourth-order valence-electron chi connectivity index (χ4n) is 8.83. The maximum Gasteiger partial charge on any atom is 0.416 e. The number of pyridine rings is 1. The molecule has 10 aromatic rings. The van der Waals surface area contributed by atoms with Gasteiger partial charge in [0, 0.05) is 27.1 Å². The van der Waals surface area contributed by atoms with Crippen molar-refractivity contribution in [2.45, 2.75) is 26.2 Å². The number of halogens is 6. The lowest BCUT2D eigenvalue weighted by Gasteiger charge is -2.20. The highest BCUT2D eigenvalue weighted by molar-refractivity contribution is 6.13. The lowest BCUT2D eigenvalue weighted by Crippen LogP contribution is -2.06. The molecule has 62 heavy (non-hydrogen) atoms. The molecule has 0 aliphatic carbocycles. The van der Waals surface area contributed by atoms with Crippen LogP contribution in [-0.2, 0) is 12.4 Å². The molecule has 302 valence electrons. The quantitative estimate of drug-likeness (QED) is 0.162. The van der Waals surface area contributed by atoms with Gasteiger partial charge in [-0.2, -0.15) is 31.6 Å². The number of fused-ring (bicyclic) bond motifs is 6. The van der Waals surface area contributed by atoms with Crippen molar-refractivity contribution in [3.05, 3.63) is 186 Å². The summed E-state index contributed by atoms with van der Waals surface area (Å²) < 4.78 is 88.5. The molecule has 0 N–H and O–H groups in total. The molecule has 0 bridgehead atoms. The van der Waals surface area contributed by atoms with Gasteiger partial charge in [-0.05, 0) is 113 Å². The van der Waals surface area contributed by atoms with Crippen LogP contribution in [-0.4, -0.2) is 14.1 Å². The Bertz CT molecular complexity index is 3270. The lowest BCUT2D eigenvalue weighted by atomic mass is 9.98. The van der Waals surface area contributed by atoms with E-state index in [2.05, 4.69) is 15.2 Å². The number of rotatable bonds is 5. The maximum atomic E-state index is 14.1. The van der Waals surface area contributed by atoms with Crippen LogP contribution in [0.15, 0.2) is 158 Å². The van der Waals surface area contributed by atoms with Crippen LogP contribution < -0.4 is 0 Å². The molecule has 0 fully saturated rings. The highest BCUT2D eigenvalue weighted by Crippen LogP contribution is 2.44. The Labute approximate surface area is 351 Å². The summed E-state index contributed by atoms with van der Waals surface area (Å²) >= 11 is 0. The van der Waals surface area contributed by atoms with Crippen LogP contribution in [0.3, 0.4) is 0 Å². The van der Waals surface area contributed by atoms with Crippen molar-refractivity contribution in [2.24, 2.45) is 0 Å². The second-order valence-electron chi connectivity index (χ2n) is 15.6. The summed E-state index contributed by atoms with van der Waals surface area (Å²) in [5, 5.41) is 13.4. The number of para-hydroxylation sites is 2. The molecule has 0 unspecified atom stereocenters. The average molecular weight is 827 g/mol. The van der Waals surface area contributed by atoms with Gasteiger partial charge in [0.1, 0.15) is 0 Å². The first-order chi connectivity index (χ1) is 29.8. The third kappa shape index (κ3) is 6.45. The van der Waals surface area contributed by atoms with Gasteiger partial charge in [-0.25, -0.2) is 0 Å². The first kappa shape index (κ1) is 38.6. The Morgan fingerprint density at radius 2 is 0.871 bits per heavy atom. The van der Waals surface area contributed by atoms with E-state index in [1.54, 1.807) is 50.5 Å². The third-order valence-corrected chi connectivity index (χ3v) is 11.5. The largest absolute Gasteiger partial charge is 0.416 e. The van der Waals surface area contributed by atoms with Crippen molar-refractivity contribution < 1.29 is 26.3 Å². The second-order valence-corrected chi connectivity index (χ2v) is 15.6. The number of hydrogen-bond donors (Lipinski definition) is 0. The average Bonchev–Trinajstić information content (AvgIpc) is 3.77. The van der Waals surface area contributed by atoms with E-state index < -0.39 is 23.5 Å². The van der Waals surface area contributed by atoms with Crippen molar-refractivity contribution in [1.82, 2.24) is 14.1 Å². The summed E-state index contributed by atoms with van der Waals surface area (Å²) in [6.07, 6.45) is -5.54. The number of nitriles is 1. The van der Waals surface area contributed by atoms with Crippen LogP contribution in [0.25, 0.3) is 88.4 Å². The van der Waals surface area contributed by atoms with Crippen LogP contribution in [0.2, 0.25) is 0 Å². The molecule has 0 amide bonds. The fourth-order valence-corrected chi connectivity index (χ4v) is 8.83. The third-order valence-electron chi connectivity index (χ3n) is 11.5. The zero-order chi connectivity index (χ0) is 43.1. The molecule has 0 spiro atoms. The van der Waals surface area contributed by atoms with Gasteiger partial charge in [-0.1, -0.05) is 84.9 Å². The molecule has 0 aliphatic rings. The van der Waals surface area contributed by atoms with E-state index in [4.69, 9.17) is 4.98 Å². The molecular weight excluding hydrogens is 795 g/mol. The van der Waals surface area contributed by atoms with Crippen molar-refractivity contribution in [2.75, 3.05) is 0 Å². The smallest absolute Gasteiger partial charge is 0.307 e. The molecule has 0 saturated heterocycles. The van der Waals surface area contributed by atoms with E-state index in [-0.39, 0.29) is 0 Å². The van der Waals surface area contributed by atoms with E-state index in [1.807, 2.05) is 97.1 Å². The van der Waals surface area contributed by atoms with Crippen LogP contribution >= 0.6 is 0 Å². The van der Waals surface area contributed by atoms with Crippen LogP contribution in [0.5, 0.6) is 0 Å². The van der Waals surface area contributed by atoms with E-state index >= 15 is 0 Å². The summed E-state index contributed by atoms with van der Waals surface area (Å²) in [6, 6.07) is 44.6. The molecule has 0 radical (unpaired) electrons. The minimum atomic E-state index is -4.53. The summed E-state index contributed by atoms with van der Waals surface area (Å²) in [6.45, 7) is 3.29. The van der Waals surface area contributed by atoms with Gasteiger partial charge < -0.3 is 9.13 Å². The van der Waals surface area contributed by atoms with Gasteiger partial charge in [0.25, 0.3) is 0 Å². The Kier molecular flexibility index (Phi) is 8.85. The maximum absolute atomic E-state index is 14.1. The highest BCUT2D eigenvalue weighted by Gasteiger charge is 2.32. The van der Waals surface area contributed by atoms with E-state index in [9.17, 15) is 31.6 Å². The number of nitrogens with zero attached hydrogens (tertiary/aromatic N) is 4. The molecule has 4 nitrogen and oxygen atoms in total. The van der Waals surface area contributed by atoms with Crippen LogP contribution in [0.1, 0.15) is 27.8 Å². The molecule has 0 saturated carbocycles. The van der Waals surface area contributed by atoms with Crippen molar-refractivity contribution >= 4 is 43.6 Å². The zero-order valence-electron chi connectivity index (χ0n) is 33.1. The van der Waals surface area contributed by atoms with Crippen molar-refractivity contribution in [1.29, 1.82) is 5.26 Å². The summed E-state index contributed by atoms with van der Waals surface area (Å²) in [5.41, 5.74) is 7.93. The molecule has 3 heterocycles. The normalized spacial score (nSPS) is 12.2. The first-order valence-electron chi connectivity index (χ1n) is 19.7. The van der Waals surface area contributed by atoms with Crippen molar-refractivity contribution in [3.63, 3.8) is 0 Å². The number of benzene rings is 7.